The summed E-state index contributed by atoms with van der Waals surface area (Å²) in [4.78, 5) is 17.2. The molecule has 0 radical (unpaired) electrons. The van der Waals surface area contributed by atoms with Crippen molar-refractivity contribution in [3.8, 4) is 22.4 Å². The monoisotopic (exact) mass is 423 g/mol. The number of nitrogens with one attached hydrogen (secondary N) is 3. The van der Waals surface area contributed by atoms with Crippen molar-refractivity contribution in [2.24, 2.45) is 0 Å². The number of aromatic amines is 2. The number of H-pyrrole nitrogens is 2. The van der Waals surface area contributed by atoms with E-state index in [9.17, 15) is 0 Å². The molecular weight excluding hydrogens is 394 g/mol. The first kappa shape index (κ1) is 18.6. The average molecular weight is 424 g/mol. The van der Waals surface area contributed by atoms with Crippen molar-refractivity contribution in [1.29, 1.82) is 0 Å². The van der Waals surface area contributed by atoms with E-state index in [1.54, 1.807) is 0 Å². The van der Waals surface area contributed by atoms with Crippen LogP contribution in [0.3, 0.4) is 0 Å². The maximum absolute atomic E-state index is 5.03. The third-order valence-corrected chi connectivity index (χ3v) is 7.77. The SMILES string of the molecule is c1cc2c(cc1-c1ccc3nc(C4CCCC4)[nH]c3c1)CCc1[nH]c([C@@H]3CCCN3)nc1-2. The predicted octanol–water partition coefficient (Wildman–Crippen LogP) is 5.80. The first-order valence-corrected chi connectivity index (χ1v) is 12.3. The highest BCUT2D eigenvalue weighted by Crippen LogP contribution is 2.37. The van der Waals surface area contributed by atoms with Crippen LogP contribution in [0, 0.1) is 0 Å². The van der Waals surface area contributed by atoms with Crippen LogP contribution in [0.1, 0.15) is 73.4 Å². The Bertz CT molecular complexity index is 1300. The Kier molecular flexibility index (Phi) is 4.26. The van der Waals surface area contributed by atoms with Crippen LogP contribution in [-0.4, -0.2) is 26.5 Å². The normalized spacial score (nSPS) is 20.7. The van der Waals surface area contributed by atoms with Gasteiger partial charge in [-0.1, -0.05) is 37.1 Å². The fourth-order valence-corrected chi connectivity index (χ4v) is 5.99. The van der Waals surface area contributed by atoms with Gasteiger partial charge in [-0.3, -0.25) is 0 Å². The maximum Gasteiger partial charge on any atom is 0.124 e. The number of aromatic nitrogens is 4. The van der Waals surface area contributed by atoms with E-state index in [0.29, 0.717) is 12.0 Å². The van der Waals surface area contributed by atoms with Gasteiger partial charge in [-0.15, -0.1) is 0 Å². The fraction of sp³-hybridized carbons (Fsp3) is 0.407. The van der Waals surface area contributed by atoms with E-state index < -0.39 is 0 Å². The zero-order valence-corrected chi connectivity index (χ0v) is 18.4. The summed E-state index contributed by atoms with van der Waals surface area (Å²) in [6.07, 6.45) is 9.72. The molecule has 4 aromatic rings. The average Bonchev–Trinajstić information content (AvgIpc) is 3.62. The Hall–Kier alpha value is -2.92. The largest absolute Gasteiger partial charge is 0.344 e. The Morgan fingerprint density at radius 2 is 1.66 bits per heavy atom. The Morgan fingerprint density at radius 3 is 2.53 bits per heavy atom. The summed E-state index contributed by atoms with van der Waals surface area (Å²) in [5.74, 6) is 2.91. The van der Waals surface area contributed by atoms with Crippen LogP contribution < -0.4 is 5.32 Å². The van der Waals surface area contributed by atoms with Crippen LogP contribution in [0.2, 0.25) is 0 Å². The first-order chi connectivity index (χ1) is 15.8. The highest BCUT2D eigenvalue weighted by molar-refractivity contribution is 5.83. The molecule has 3 heterocycles. The number of benzene rings is 2. The third kappa shape index (κ3) is 3.02. The fourth-order valence-electron chi connectivity index (χ4n) is 5.99. The van der Waals surface area contributed by atoms with Gasteiger partial charge in [0.15, 0.2) is 0 Å². The van der Waals surface area contributed by atoms with Gasteiger partial charge in [0.1, 0.15) is 11.6 Å². The van der Waals surface area contributed by atoms with Gasteiger partial charge in [-0.2, -0.15) is 0 Å². The lowest BCUT2D eigenvalue weighted by Gasteiger charge is -2.16. The maximum atomic E-state index is 5.03. The lowest BCUT2D eigenvalue weighted by molar-refractivity contribution is 0.611. The molecule has 32 heavy (non-hydrogen) atoms. The zero-order valence-electron chi connectivity index (χ0n) is 18.4. The number of imidazole rings is 2. The molecule has 0 amide bonds. The van der Waals surface area contributed by atoms with Crippen LogP contribution in [0.15, 0.2) is 36.4 Å². The summed E-state index contributed by atoms with van der Waals surface area (Å²) >= 11 is 0. The van der Waals surface area contributed by atoms with Crippen molar-refractivity contribution in [3.63, 3.8) is 0 Å². The molecule has 5 heteroatoms. The van der Waals surface area contributed by atoms with Crippen LogP contribution in [0.25, 0.3) is 33.4 Å². The lowest BCUT2D eigenvalue weighted by Crippen LogP contribution is -2.14. The van der Waals surface area contributed by atoms with Gasteiger partial charge >= 0.3 is 0 Å². The second-order valence-corrected chi connectivity index (χ2v) is 9.81. The van der Waals surface area contributed by atoms with Gasteiger partial charge in [-0.05, 0) is 73.9 Å². The number of aryl methyl sites for hydroxylation is 2. The van der Waals surface area contributed by atoms with E-state index in [1.165, 1.54) is 72.3 Å². The molecular formula is C27H29N5. The lowest BCUT2D eigenvalue weighted by atomic mass is 9.89. The van der Waals surface area contributed by atoms with E-state index in [-0.39, 0.29) is 0 Å². The highest BCUT2D eigenvalue weighted by Gasteiger charge is 2.25. The van der Waals surface area contributed by atoms with Gasteiger partial charge < -0.3 is 15.3 Å². The minimum Gasteiger partial charge on any atom is -0.344 e. The summed E-state index contributed by atoms with van der Waals surface area (Å²) in [6, 6.07) is 14.0. The molecule has 0 spiro atoms. The van der Waals surface area contributed by atoms with Crippen LogP contribution in [0.5, 0.6) is 0 Å². The van der Waals surface area contributed by atoms with Gasteiger partial charge in [0.05, 0.1) is 22.8 Å². The molecule has 2 aliphatic carbocycles. The van der Waals surface area contributed by atoms with Crippen LogP contribution in [-0.2, 0) is 12.8 Å². The van der Waals surface area contributed by atoms with Gasteiger partial charge in [0.25, 0.3) is 0 Å². The van der Waals surface area contributed by atoms with Gasteiger partial charge in [0, 0.05) is 17.2 Å². The van der Waals surface area contributed by atoms with E-state index in [0.717, 1.165) is 41.9 Å². The van der Waals surface area contributed by atoms with Gasteiger partial charge in [0.2, 0.25) is 0 Å². The molecule has 1 saturated carbocycles. The first-order valence-electron chi connectivity index (χ1n) is 12.3. The molecule has 1 aliphatic heterocycles. The quantitative estimate of drug-likeness (QED) is 0.390. The molecule has 3 aliphatic rings. The molecule has 0 bridgehead atoms. The van der Waals surface area contributed by atoms with Crippen LogP contribution in [0.4, 0.5) is 0 Å². The molecule has 1 saturated heterocycles. The molecule has 2 fully saturated rings. The summed E-state index contributed by atoms with van der Waals surface area (Å²) in [6.45, 7) is 1.10. The minimum absolute atomic E-state index is 0.388. The highest BCUT2D eigenvalue weighted by atomic mass is 15.0. The molecule has 7 rings (SSSR count). The molecule has 162 valence electrons. The van der Waals surface area contributed by atoms with Crippen molar-refractivity contribution in [1.82, 2.24) is 25.3 Å². The predicted molar refractivity (Wildman–Crippen MR) is 128 cm³/mol. The topological polar surface area (TPSA) is 69.4 Å². The molecule has 2 aromatic carbocycles. The molecule has 0 unspecified atom stereocenters. The van der Waals surface area contributed by atoms with Crippen LogP contribution >= 0.6 is 0 Å². The minimum atomic E-state index is 0.388. The third-order valence-electron chi connectivity index (χ3n) is 7.77. The number of hydrogen-bond donors (Lipinski definition) is 3. The van der Waals surface area contributed by atoms with Crippen molar-refractivity contribution in [2.45, 2.75) is 63.3 Å². The Labute approximate surface area is 188 Å². The van der Waals surface area contributed by atoms with Crippen molar-refractivity contribution < 1.29 is 0 Å². The standard InChI is InChI=1S/C27H29N5/c1-2-5-16(4-1)26-29-21-11-8-18(15-24(21)31-26)17-7-10-20-19(14-17)9-12-22-25(20)32-27(30-22)23-6-3-13-28-23/h7-8,10-11,14-16,23,28H,1-6,9,12-13H2,(H,29,31)(H,30,32)/t23-/m0/s1. The second kappa shape index (κ2) is 7.31. The van der Waals surface area contributed by atoms with Crippen molar-refractivity contribution in [2.75, 3.05) is 6.54 Å². The number of fused-ring (bicyclic) bond motifs is 4. The number of nitrogens with zero attached hydrogens (tertiary/aromatic N) is 2. The van der Waals surface area contributed by atoms with E-state index in [1.807, 2.05) is 0 Å². The smallest absolute Gasteiger partial charge is 0.124 e. The van der Waals surface area contributed by atoms with Crippen molar-refractivity contribution in [3.05, 3.63) is 59.3 Å². The molecule has 2 aromatic heterocycles. The Balaban J connectivity index is 1.22. The van der Waals surface area contributed by atoms with Gasteiger partial charge in [-0.25, -0.2) is 9.97 Å². The molecule has 1 atom stereocenters. The summed E-state index contributed by atoms with van der Waals surface area (Å²) in [5, 5.41) is 3.57. The second-order valence-electron chi connectivity index (χ2n) is 9.81. The number of hydrogen-bond acceptors (Lipinski definition) is 3. The van der Waals surface area contributed by atoms with E-state index >= 15 is 0 Å². The van der Waals surface area contributed by atoms with E-state index in [2.05, 4.69) is 51.7 Å². The summed E-state index contributed by atoms with van der Waals surface area (Å²) < 4.78 is 0. The molecule has 3 N–H and O–H groups in total. The number of rotatable bonds is 3. The summed E-state index contributed by atoms with van der Waals surface area (Å²) in [7, 11) is 0. The Morgan fingerprint density at radius 1 is 0.781 bits per heavy atom. The van der Waals surface area contributed by atoms with Crippen molar-refractivity contribution >= 4 is 11.0 Å². The van der Waals surface area contributed by atoms with E-state index in [4.69, 9.17) is 9.97 Å². The molecule has 5 nitrogen and oxygen atoms in total. The summed E-state index contributed by atoms with van der Waals surface area (Å²) in [5.41, 5.74) is 9.93. The zero-order chi connectivity index (χ0) is 21.1.